The first-order chi connectivity index (χ1) is 11.2. The minimum atomic E-state index is -0.360. The Morgan fingerprint density at radius 3 is 2.78 bits per heavy atom. The molecule has 5 nitrogen and oxygen atoms in total. The molecule has 1 aliphatic rings. The second-order valence-corrected chi connectivity index (χ2v) is 5.38. The lowest BCUT2D eigenvalue weighted by atomic mass is 10.1. The fourth-order valence-corrected chi connectivity index (χ4v) is 1.95. The monoisotopic (exact) mass is 320 g/mol. The summed E-state index contributed by atoms with van der Waals surface area (Å²) in [6.07, 6.45) is 5.56. The summed E-state index contributed by atoms with van der Waals surface area (Å²) in [6, 6.07) is 5.58. The molecule has 0 spiro atoms. The van der Waals surface area contributed by atoms with Gasteiger partial charge in [0, 0.05) is 24.8 Å². The molecule has 0 radical (unpaired) electrons. The number of methoxy groups -OCH3 is 1. The lowest BCUT2D eigenvalue weighted by molar-refractivity contribution is -0.137. The first-order valence-corrected chi connectivity index (χ1v) is 7.96. The summed E-state index contributed by atoms with van der Waals surface area (Å²) in [7, 11) is 1.64. The highest BCUT2D eigenvalue weighted by Crippen LogP contribution is 2.32. The molecule has 0 bridgehead atoms. The molecule has 0 saturated heterocycles. The second-order valence-electron chi connectivity index (χ2n) is 5.38. The molecule has 0 amide bonds. The van der Waals surface area contributed by atoms with Gasteiger partial charge in [-0.05, 0) is 43.9 Å². The average molecular weight is 320 g/mol. The highest BCUT2D eigenvalue weighted by molar-refractivity contribution is 5.87. The zero-order valence-corrected chi connectivity index (χ0v) is 13.7. The molecule has 23 heavy (non-hydrogen) atoms. The lowest BCUT2D eigenvalue weighted by Crippen LogP contribution is -2.05. The van der Waals surface area contributed by atoms with Crippen LogP contribution in [0.5, 0.6) is 11.5 Å². The number of ether oxygens (including phenoxy) is 4. The van der Waals surface area contributed by atoms with Crippen molar-refractivity contribution in [3.05, 3.63) is 29.8 Å². The molecular weight excluding hydrogens is 296 g/mol. The number of hydrogen-bond acceptors (Lipinski definition) is 5. The van der Waals surface area contributed by atoms with E-state index in [0.717, 1.165) is 11.3 Å². The number of hydrogen-bond donors (Lipinski definition) is 0. The van der Waals surface area contributed by atoms with Crippen LogP contribution in [-0.2, 0) is 14.3 Å². The van der Waals surface area contributed by atoms with Crippen molar-refractivity contribution in [2.24, 2.45) is 5.92 Å². The molecule has 1 aliphatic carbocycles. The third kappa shape index (κ3) is 6.32. The minimum absolute atomic E-state index is 0.360. The molecule has 0 heterocycles. The van der Waals surface area contributed by atoms with Crippen molar-refractivity contribution in [1.29, 1.82) is 0 Å². The van der Waals surface area contributed by atoms with Crippen LogP contribution in [0, 0.1) is 5.92 Å². The van der Waals surface area contributed by atoms with Gasteiger partial charge in [-0.25, -0.2) is 4.79 Å². The topological polar surface area (TPSA) is 54.0 Å². The van der Waals surface area contributed by atoms with Gasteiger partial charge in [0.05, 0.1) is 19.8 Å². The Balaban J connectivity index is 2.05. The van der Waals surface area contributed by atoms with Crippen LogP contribution < -0.4 is 9.47 Å². The highest BCUT2D eigenvalue weighted by Gasteiger charge is 2.22. The van der Waals surface area contributed by atoms with Gasteiger partial charge in [0.1, 0.15) is 18.1 Å². The molecule has 0 atom stereocenters. The third-order valence-electron chi connectivity index (χ3n) is 3.40. The van der Waals surface area contributed by atoms with Gasteiger partial charge in [0.25, 0.3) is 0 Å². The third-order valence-corrected chi connectivity index (χ3v) is 3.40. The van der Waals surface area contributed by atoms with Crippen molar-refractivity contribution in [3.63, 3.8) is 0 Å². The van der Waals surface area contributed by atoms with Gasteiger partial charge in [-0.2, -0.15) is 0 Å². The smallest absolute Gasteiger partial charge is 0.330 e. The zero-order chi connectivity index (χ0) is 16.5. The normalized spacial score (nSPS) is 14.0. The number of carbonyl (C=O) groups is 1. The molecule has 1 aromatic rings. The largest absolute Gasteiger partial charge is 0.493 e. The van der Waals surface area contributed by atoms with Crippen LogP contribution in [0.15, 0.2) is 24.3 Å². The van der Waals surface area contributed by atoms with Gasteiger partial charge in [0.15, 0.2) is 0 Å². The van der Waals surface area contributed by atoms with Gasteiger partial charge >= 0.3 is 5.97 Å². The molecule has 2 rings (SSSR count). The second kappa shape index (κ2) is 9.20. The van der Waals surface area contributed by atoms with E-state index in [2.05, 4.69) is 0 Å². The molecule has 1 saturated carbocycles. The van der Waals surface area contributed by atoms with E-state index in [9.17, 15) is 4.79 Å². The fraction of sp³-hybridized carbons (Fsp3) is 0.500. The predicted molar refractivity (Wildman–Crippen MR) is 87.7 cm³/mol. The Bertz CT molecular complexity index is 534. The first-order valence-electron chi connectivity index (χ1n) is 7.96. The standard InChI is InChI=1S/C18H24O5/c1-3-21-18(19)9-7-15-6-8-16(22-11-10-20-2)12-17(15)23-13-14-4-5-14/h6-9,12,14H,3-5,10-11,13H2,1-2H3. The number of benzene rings is 1. The predicted octanol–water partition coefficient (Wildman–Crippen LogP) is 3.08. The van der Waals surface area contributed by atoms with Gasteiger partial charge in [-0.3, -0.25) is 0 Å². The van der Waals surface area contributed by atoms with Crippen LogP contribution in [0.2, 0.25) is 0 Å². The van der Waals surface area contributed by atoms with E-state index in [4.69, 9.17) is 18.9 Å². The molecule has 5 heteroatoms. The Hall–Kier alpha value is -2.01. The fourth-order valence-electron chi connectivity index (χ4n) is 1.95. The molecule has 0 aliphatic heterocycles. The van der Waals surface area contributed by atoms with Crippen molar-refractivity contribution in [3.8, 4) is 11.5 Å². The molecule has 1 fully saturated rings. The van der Waals surface area contributed by atoms with Crippen molar-refractivity contribution in [1.82, 2.24) is 0 Å². The summed E-state index contributed by atoms with van der Waals surface area (Å²) in [5.74, 6) is 1.73. The lowest BCUT2D eigenvalue weighted by Gasteiger charge is -2.12. The average Bonchev–Trinajstić information content (AvgIpc) is 3.37. The molecule has 1 aromatic carbocycles. The number of esters is 1. The van der Waals surface area contributed by atoms with Crippen LogP contribution >= 0.6 is 0 Å². The number of rotatable bonds is 10. The van der Waals surface area contributed by atoms with Crippen molar-refractivity contribution >= 4 is 12.0 Å². The summed E-state index contributed by atoms with van der Waals surface area (Å²) in [4.78, 5) is 11.5. The van der Waals surface area contributed by atoms with Crippen LogP contribution in [0.4, 0.5) is 0 Å². The van der Waals surface area contributed by atoms with E-state index < -0.39 is 0 Å². The van der Waals surface area contributed by atoms with E-state index >= 15 is 0 Å². The van der Waals surface area contributed by atoms with E-state index in [1.54, 1.807) is 20.1 Å². The maximum atomic E-state index is 11.5. The van der Waals surface area contributed by atoms with Crippen LogP contribution in [0.3, 0.4) is 0 Å². The first kappa shape index (κ1) is 17.3. The molecule has 0 unspecified atom stereocenters. The Kier molecular flexibility index (Phi) is 6.94. The van der Waals surface area contributed by atoms with E-state index in [1.807, 2.05) is 18.2 Å². The van der Waals surface area contributed by atoms with Crippen molar-refractivity contribution < 1.29 is 23.7 Å². The molecular formula is C18H24O5. The van der Waals surface area contributed by atoms with Gasteiger partial charge in [-0.1, -0.05) is 0 Å². The van der Waals surface area contributed by atoms with Crippen molar-refractivity contribution in [2.45, 2.75) is 19.8 Å². The SMILES string of the molecule is CCOC(=O)C=Cc1ccc(OCCOC)cc1OCC1CC1. The van der Waals surface area contributed by atoms with Crippen LogP contribution in [-0.4, -0.2) is 39.5 Å². The summed E-state index contributed by atoms with van der Waals surface area (Å²) in [6.45, 7) is 3.85. The summed E-state index contributed by atoms with van der Waals surface area (Å²) in [5.41, 5.74) is 0.831. The summed E-state index contributed by atoms with van der Waals surface area (Å²) >= 11 is 0. The maximum absolute atomic E-state index is 11.5. The Morgan fingerprint density at radius 1 is 1.26 bits per heavy atom. The minimum Gasteiger partial charge on any atom is -0.493 e. The summed E-state index contributed by atoms with van der Waals surface area (Å²) in [5, 5.41) is 0. The van der Waals surface area contributed by atoms with Crippen molar-refractivity contribution in [2.75, 3.05) is 33.5 Å². The maximum Gasteiger partial charge on any atom is 0.330 e. The van der Waals surface area contributed by atoms with Crippen LogP contribution in [0.1, 0.15) is 25.3 Å². The van der Waals surface area contributed by atoms with E-state index in [-0.39, 0.29) is 5.97 Å². The van der Waals surface area contributed by atoms with Crippen LogP contribution in [0.25, 0.3) is 6.08 Å². The molecule has 0 aromatic heterocycles. The Morgan fingerprint density at radius 2 is 2.09 bits per heavy atom. The number of carbonyl (C=O) groups excluding carboxylic acids is 1. The zero-order valence-electron chi connectivity index (χ0n) is 13.7. The Labute approximate surface area is 137 Å². The van der Waals surface area contributed by atoms with Gasteiger partial charge in [-0.15, -0.1) is 0 Å². The molecule has 0 N–H and O–H groups in total. The van der Waals surface area contributed by atoms with E-state index in [1.165, 1.54) is 18.9 Å². The molecule has 126 valence electrons. The quantitative estimate of drug-likeness (QED) is 0.377. The highest BCUT2D eigenvalue weighted by atomic mass is 16.5. The summed E-state index contributed by atoms with van der Waals surface area (Å²) < 4.78 is 21.4. The van der Waals surface area contributed by atoms with Gasteiger partial charge in [0.2, 0.25) is 0 Å². The van der Waals surface area contributed by atoms with E-state index in [0.29, 0.717) is 38.1 Å². The van der Waals surface area contributed by atoms with Gasteiger partial charge < -0.3 is 18.9 Å².